The zero-order chi connectivity index (χ0) is 5.11. The summed E-state index contributed by atoms with van der Waals surface area (Å²) in [4.78, 5) is 0. The Morgan fingerprint density at radius 1 is 1.22 bits per heavy atom. The second kappa shape index (κ2) is 7.17. The van der Waals surface area contributed by atoms with Crippen molar-refractivity contribution in [3.8, 4) is 0 Å². The third kappa shape index (κ3) is 4.46. The molecule has 0 amide bonds. The van der Waals surface area contributed by atoms with Gasteiger partial charge < -0.3 is 18.3 Å². The summed E-state index contributed by atoms with van der Waals surface area (Å²) in [5.41, 5.74) is 0. The second-order valence-electron chi connectivity index (χ2n) is 2.31. The smallest absolute Gasteiger partial charge is 1.00 e. The van der Waals surface area contributed by atoms with E-state index in [1.54, 1.807) is 5.92 Å². The molecule has 1 aliphatic rings. The first-order valence-electron chi connectivity index (χ1n) is 3.27. The number of halogens is 1. The maximum absolute atomic E-state index is 2.26. The average molecular weight is 157 g/mol. The van der Waals surface area contributed by atoms with Crippen LogP contribution in [-0.4, -0.2) is 23.1 Å². The molecule has 0 aromatic carbocycles. The van der Waals surface area contributed by atoms with Gasteiger partial charge in [-0.1, -0.05) is 19.8 Å². The molecular formula is C7H13ClMg. The van der Waals surface area contributed by atoms with Gasteiger partial charge in [0, 0.05) is 0 Å². The minimum Gasteiger partial charge on any atom is -1.00 e. The molecule has 0 radical (unpaired) electrons. The minimum atomic E-state index is 0. The van der Waals surface area contributed by atoms with Gasteiger partial charge in [-0.15, -0.1) is 0 Å². The number of hydrogen-bond acceptors (Lipinski definition) is 0. The molecule has 0 aromatic heterocycles. The molecule has 9 heavy (non-hydrogen) atoms. The zero-order valence-electron chi connectivity index (χ0n) is 6.12. The first kappa shape index (κ1) is 12.7. The molecule has 1 fully saturated rings. The predicted octanol–water partition coefficient (Wildman–Crippen LogP) is -0.832. The van der Waals surface area contributed by atoms with E-state index < -0.39 is 0 Å². The summed E-state index contributed by atoms with van der Waals surface area (Å²) < 4.78 is 0. The quantitative estimate of drug-likeness (QED) is 0.344. The van der Waals surface area contributed by atoms with Gasteiger partial charge in [0.15, 0.2) is 0 Å². The van der Waals surface area contributed by atoms with Crippen molar-refractivity contribution < 1.29 is 12.4 Å². The van der Waals surface area contributed by atoms with E-state index in [9.17, 15) is 0 Å². The Hall–Kier alpha value is 1.06. The summed E-state index contributed by atoms with van der Waals surface area (Å²) in [7, 11) is 0. The van der Waals surface area contributed by atoms with Crippen molar-refractivity contribution in [1.82, 2.24) is 0 Å². The van der Waals surface area contributed by atoms with E-state index in [0.717, 1.165) is 0 Å². The van der Waals surface area contributed by atoms with Crippen LogP contribution in [0.5, 0.6) is 0 Å². The molecule has 0 aliphatic heterocycles. The topological polar surface area (TPSA) is 0 Å². The normalized spacial score (nSPS) is 18.3. The summed E-state index contributed by atoms with van der Waals surface area (Å²) in [6, 6.07) is 0. The molecule has 1 aliphatic carbocycles. The molecule has 0 heterocycles. The van der Waals surface area contributed by atoms with Crippen LogP contribution < -0.4 is 12.4 Å². The van der Waals surface area contributed by atoms with Crippen molar-refractivity contribution in [1.29, 1.82) is 0 Å². The monoisotopic (exact) mass is 156 g/mol. The van der Waals surface area contributed by atoms with E-state index in [1.807, 2.05) is 0 Å². The minimum absolute atomic E-state index is 0. The molecule has 0 bridgehead atoms. The Kier molecular flexibility index (Phi) is 10.1. The Morgan fingerprint density at radius 3 is 1.89 bits per heavy atom. The molecule has 0 nitrogen and oxygen atoms in total. The fourth-order valence-electron chi connectivity index (χ4n) is 1.23. The fourth-order valence-corrected chi connectivity index (χ4v) is 1.23. The van der Waals surface area contributed by atoms with Gasteiger partial charge in [0.1, 0.15) is 0 Å². The molecule has 50 valence electrons. The van der Waals surface area contributed by atoms with Crippen molar-refractivity contribution in [2.75, 3.05) is 0 Å². The standard InChI is InChI=1S/C7H13.ClH.Mg/c1-2-7-5-3-4-6-7;;/h2-6H2,1H3;1H;/q-1;;+2/p-1. The van der Waals surface area contributed by atoms with Crippen LogP contribution in [0.25, 0.3) is 0 Å². The molecule has 0 spiro atoms. The molecule has 0 aromatic rings. The molecule has 1 saturated carbocycles. The number of hydrogen-bond donors (Lipinski definition) is 0. The zero-order valence-corrected chi connectivity index (χ0v) is 8.29. The van der Waals surface area contributed by atoms with Crippen LogP contribution >= 0.6 is 0 Å². The first-order valence-corrected chi connectivity index (χ1v) is 3.27. The summed E-state index contributed by atoms with van der Waals surface area (Å²) in [5, 5.41) is 0. The van der Waals surface area contributed by atoms with Crippen LogP contribution in [0.1, 0.15) is 39.0 Å². The van der Waals surface area contributed by atoms with Gasteiger partial charge in [-0.05, 0) is 0 Å². The van der Waals surface area contributed by atoms with Crippen LogP contribution in [0.2, 0.25) is 0 Å². The van der Waals surface area contributed by atoms with Crippen LogP contribution in [0.15, 0.2) is 0 Å². The summed E-state index contributed by atoms with van der Waals surface area (Å²) >= 11 is 0. The van der Waals surface area contributed by atoms with Crippen LogP contribution in [0.3, 0.4) is 0 Å². The maximum atomic E-state index is 2.26. The van der Waals surface area contributed by atoms with Gasteiger partial charge >= 0.3 is 23.1 Å². The molecule has 1 rings (SSSR count). The van der Waals surface area contributed by atoms with Crippen molar-refractivity contribution in [2.45, 2.75) is 39.0 Å². The van der Waals surface area contributed by atoms with E-state index >= 15 is 0 Å². The predicted molar refractivity (Wildman–Crippen MR) is 37.8 cm³/mol. The third-order valence-corrected chi connectivity index (χ3v) is 1.81. The van der Waals surface area contributed by atoms with Gasteiger partial charge in [-0.2, -0.15) is 19.3 Å². The van der Waals surface area contributed by atoms with E-state index in [4.69, 9.17) is 0 Å². The van der Waals surface area contributed by atoms with Crippen molar-refractivity contribution in [2.24, 2.45) is 0 Å². The van der Waals surface area contributed by atoms with Gasteiger partial charge in [-0.3, -0.25) is 0 Å². The van der Waals surface area contributed by atoms with Crippen LogP contribution in [-0.2, 0) is 0 Å². The summed E-state index contributed by atoms with van der Waals surface area (Å²) in [6.45, 7) is 2.26. The largest absolute Gasteiger partial charge is 2.00 e. The average Bonchev–Trinajstić information content (AvgIpc) is 2.14. The molecule has 0 saturated heterocycles. The van der Waals surface area contributed by atoms with Gasteiger partial charge in [-0.25, -0.2) is 0 Å². The molecule has 0 atom stereocenters. The summed E-state index contributed by atoms with van der Waals surface area (Å²) in [5.74, 6) is 1.79. The van der Waals surface area contributed by atoms with Crippen LogP contribution in [0.4, 0.5) is 0 Å². The Bertz CT molecular complexity index is 50.9. The fraction of sp³-hybridized carbons (Fsp3) is 0.857. The SMILES string of the molecule is CC[C-]1CCCC1.[Cl-].[Mg+2]. The van der Waals surface area contributed by atoms with Crippen molar-refractivity contribution in [3.63, 3.8) is 0 Å². The molecule has 2 heteroatoms. The van der Waals surface area contributed by atoms with Gasteiger partial charge in [0.2, 0.25) is 0 Å². The molecular weight excluding hydrogens is 144 g/mol. The Labute approximate surface area is 80.3 Å². The van der Waals surface area contributed by atoms with E-state index in [0.29, 0.717) is 0 Å². The van der Waals surface area contributed by atoms with Gasteiger partial charge in [0.25, 0.3) is 0 Å². The number of rotatable bonds is 1. The van der Waals surface area contributed by atoms with E-state index in [1.165, 1.54) is 32.1 Å². The third-order valence-electron chi connectivity index (χ3n) is 1.81. The van der Waals surface area contributed by atoms with Crippen molar-refractivity contribution >= 4 is 23.1 Å². The van der Waals surface area contributed by atoms with E-state index in [-0.39, 0.29) is 35.5 Å². The van der Waals surface area contributed by atoms with Crippen molar-refractivity contribution in [3.05, 3.63) is 5.92 Å². The molecule has 0 unspecified atom stereocenters. The van der Waals surface area contributed by atoms with Gasteiger partial charge in [0.05, 0.1) is 0 Å². The molecule has 0 N–H and O–H groups in total. The second-order valence-corrected chi connectivity index (χ2v) is 2.31. The van der Waals surface area contributed by atoms with Crippen LogP contribution in [0, 0.1) is 5.92 Å². The maximum Gasteiger partial charge on any atom is 2.00 e. The van der Waals surface area contributed by atoms with E-state index in [2.05, 4.69) is 6.92 Å². The Balaban J connectivity index is 0. The Morgan fingerprint density at radius 2 is 1.67 bits per heavy atom. The summed E-state index contributed by atoms with van der Waals surface area (Å²) in [6.07, 6.45) is 7.11. The first-order chi connectivity index (χ1) is 3.43.